The predicted octanol–water partition coefficient (Wildman–Crippen LogP) is 5.60. The van der Waals surface area contributed by atoms with Crippen LogP contribution in [0, 0.1) is 10.1 Å². The molecule has 3 aromatic rings. The van der Waals surface area contributed by atoms with Crippen molar-refractivity contribution in [2.45, 2.75) is 6.18 Å². The second-order valence-corrected chi connectivity index (χ2v) is 6.14. The number of anilines is 2. The number of alkyl halides is 3. The van der Waals surface area contributed by atoms with E-state index in [4.69, 9.17) is 21.1 Å². The lowest BCUT2D eigenvalue weighted by atomic mass is 10.2. The lowest BCUT2D eigenvalue weighted by molar-refractivity contribution is -0.385. The molecule has 0 bridgehead atoms. The summed E-state index contributed by atoms with van der Waals surface area (Å²) in [6, 6.07) is 9.14. The van der Waals surface area contributed by atoms with E-state index in [-0.39, 0.29) is 17.3 Å². The second kappa shape index (κ2) is 8.41. The van der Waals surface area contributed by atoms with Crippen molar-refractivity contribution in [1.82, 2.24) is 9.97 Å². The number of benzene rings is 2. The molecule has 0 spiro atoms. The van der Waals surface area contributed by atoms with Gasteiger partial charge >= 0.3 is 17.7 Å². The van der Waals surface area contributed by atoms with Crippen LogP contribution in [0.15, 0.2) is 48.8 Å². The van der Waals surface area contributed by atoms with Crippen LogP contribution in [-0.2, 0) is 6.18 Å². The molecule has 3 rings (SSSR count). The normalized spacial score (nSPS) is 11.1. The molecule has 156 valence electrons. The Morgan fingerprint density at radius 1 is 1.10 bits per heavy atom. The average molecular weight is 441 g/mol. The van der Waals surface area contributed by atoms with Crippen LogP contribution in [0.25, 0.3) is 0 Å². The lowest BCUT2D eigenvalue weighted by Gasteiger charge is -2.13. The van der Waals surface area contributed by atoms with Crippen molar-refractivity contribution in [1.29, 1.82) is 0 Å². The molecule has 0 aliphatic heterocycles. The maximum atomic E-state index is 13.1. The zero-order valence-corrected chi connectivity index (χ0v) is 15.9. The molecule has 1 aromatic heterocycles. The van der Waals surface area contributed by atoms with Gasteiger partial charge in [-0.1, -0.05) is 11.6 Å². The molecule has 2 aromatic carbocycles. The number of ether oxygens (including phenoxy) is 2. The van der Waals surface area contributed by atoms with E-state index in [1.54, 1.807) is 12.1 Å². The maximum Gasteiger partial charge on any atom is 0.417 e. The van der Waals surface area contributed by atoms with E-state index in [0.29, 0.717) is 5.75 Å². The van der Waals surface area contributed by atoms with Gasteiger partial charge in [0, 0.05) is 5.69 Å². The molecular formula is C18H12ClF3N4O4. The van der Waals surface area contributed by atoms with Crippen molar-refractivity contribution < 1.29 is 27.6 Å². The van der Waals surface area contributed by atoms with E-state index in [1.807, 2.05) is 0 Å². The number of hydrogen-bond acceptors (Lipinski definition) is 7. The summed E-state index contributed by atoms with van der Waals surface area (Å²) in [5.74, 6) is 0.0288. The van der Waals surface area contributed by atoms with Crippen LogP contribution in [0.3, 0.4) is 0 Å². The molecule has 0 radical (unpaired) electrons. The monoisotopic (exact) mass is 440 g/mol. The Labute approximate surface area is 172 Å². The molecule has 0 atom stereocenters. The first-order chi connectivity index (χ1) is 14.2. The largest absolute Gasteiger partial charge is 0.497 e. The molecule has 0 aliphatic rings. The molecule has 0 amide bonds. The van der Waals surface area contributed by atoms with E-state index >= 15 is 0 Å². The van der Waals surface area contributed by atoms with E-state index in [1.165, 1.54) is 25.3 Å². The predicted molar refractivity (Wildman–Crippen MR) is 101 cm³/mol. The zero-order valence-electron chi connectivity index (χ0n) is 15.1. The van der Waals surface area contributed by atoms with Crippen molar-refractivity contribution in [3.05, 3.63) is 69.5 Å². The number of rotatable bonds is 6. The summed E-state index contributed by atoms with van der Waals surface area (Å²) >= 11 is 5.59. The van der Waals surface area contributed by atoms with E-state index in [0.717, 1.165) is 18.5 Å². The molecule has 1 N–H and O–H groups in total. The molecule has 0 aliphatic carbocycles. The highest BCUT2D eigenvalue weighted by Crippen LogP contribution is 2.39. The minimum atomic E-state index is -4.70. The fourth-order valence-corrected chi connectivity index (χ4v) is 2.63. The molecular weight excluding hydrogens is 429 g/mol. The highest BCUT2D eigenvalue weighted by Gasteiger charge is 2.34. The third kappa shape index (κ3) is 4.69. The van der Waals surface area contributed by atoms with Crippen molar-refractivity contribution in [3.63, 3.8) is 0 Å². The van der Waals surface area contributed by atoms with Gasteiger partial charge in [0.15, 0.2) is 0 Å². The van der Waals surface area contributed by atoms with Crippen LogP contribution < -0.4 is 14.8 Å². The maximum absolute atomic E-state index is 13.1. The van der Waals surface area contributed by atoms with Crippen LogP contribution in [0.2, 0.25) is 5.02 Å². The Kier molecular flexibility index (Phi) is 5.92. The third-order valence-corrected chi connectivity index (χ3v) is 4.11. The standard InChI is InChI=1S/C18H12ClF3N4O4/c1-29-11-3-5-12(6-4-11)30-17-15(26(27)28)16(23-9-24-17)25-10-2-7-14(19)13(8-10)18(20,21)22/h2-9H,1H3,(H,23,24,25). The summed E-state index contributed by atoms with van der Waals surface area (Å²) < 4.78 is 49.7. The van der Waals surface area contributed by atoms with Gasteiger partial charge in [-0.05, 0) is 42.5 Å². The first kappa shape index (κ1) is 21.1. The molecule has 0 saturated carbocycles. The summed E-state index contributed by atoms with van der Waals surface area (Å²) in [6.07, 6.45) is -3.72. The Hall–Kier alpha value is -3.60. The van der Waals surface area contributed by atoms with Crippen LogP contribution in [0.4, 0.5) is 30.4 Å². The summed E-state index contributed by atoms with van der Waals surface area (Å²) in [5, 5.41) is 13.6. The van der Waals surface area contributed by atoms with E-state index in [9.17, 15) is 23.3 Å². The Bertz CT molecular complexity index is 1080. The van der Waals surface area contributed by atoms with Gasteiger partial charge in [0.25, 0.3) is 0 Å². The number of hydrogen-bond donors (Lipinski definition) is 1. The van der Waals surface area contributed by atoms with E-state index < -0.39 is 33.3 Å². The van der Waals surface area contributed by atoms with Gasteiger partial charge in [0.2, 0.25) is 5.82 Å². The number of nitrogens with zero attached hydrogens (tertiary/aromatic N) is 3. The quantitative estimate of drug-likeness (QED) is 0.393. The van der Waals surface area contributed by atoms with Crippen LogP contribution in [0.1, 0.15) is 5.56 Å². The summed E-state index contributed by atoms with van der Waals surface area (Å²) in [6.45, 7) is 0. The Morgan fingerprint density at radius 3 is 2.37 bits per heavy atom. The smallest absolute Gasteiger partial charge is 0.417 e. The second-order valence-electron chi connectivity index (χ2n) is 5.73. The number of methoxy groups -OCH3 is 1. The molecule has 0 fully saturated rings. The zero-order chi connectivity index (χ0) is 21.9. The molecule has 30 heavy (non-hydrogen) atoms. The van der Waals surface area contributed by atoms with Crippen molar-refractivity contribution in [2.75, 3.05) is 12.4 Å². The lowest BCUT2D eigenvalue weighted by Crippen LogP contribution is -2.07. The van der Waals surface area contributed by atoms with Gasteiger partial charge in [0.1, 0.15) is 17.8 Å². The minimum Gasteiger partial charge on any atom is -0.497 e. The Balaban J connectivity index is 1.96. The highest BCUT2D eigenvalue weighted by atomic mass is 35.5. The fourth-order valence-electron chi connectivity index (χ4n) is 2.41. The number of nitrogens with one attached hydrogen (secondary N) is 1. The molecule has 12 heteroatoms. The summed E-state index contributed by atoms with van der Waals surface area (Å²) in [5.41, 5.74) is -1.86. The minimum absolute atomic E-state index is 0.107. The first-order valence-electron chi connectivity index (χ1n) is 8.14. The summed E-state index contributed by atoms with van der Waals surface area (Å²) in [4.78, 5) is 18.3. The van der Waals surface area contributed by atoms with Gasteiger partial charge < -0.3 is 14.8 Å². The number of halogens is 4. The number of nitro groups is 1. The molecule has 1 heterocycles. The highest BCUT2D eigenvalue weighted by molar-refractivity contribution is 6.31. The molecule has 8 nitrogen and oxygen atoms in total. The summed E-state index contributed by atoms with van der Waals surface area (Å²) in [7, 11) is 1.48. The van der Waals surface area contributed by atoms with Crippen molar-refractivity contribution in [2.24, 2.45) is 0 Å². The molecule has 0 saturated heterocycles. The van der Waals surface area contributed by atoms with Gasteiger partial charge in [-0.25, -0.2) is 4.98 Å². The SMILES string of the molecule is COc1ccc(Oc2ncnc(Nc3ccc(Cl)c(C(F)(F)F)c3)c2[N+](=O)[O-])cc1. The van der Waals surface area contributed by atoms with Crippen LogP contribution in [0.5, 0.6) is 17.4 Å². The van der Waals surface area contributed by atoms with Gasteiger partial charge in [-0.15, -0.1) is 0 Å². The fraction of sp³-hybridized carbons (Fsp3) is 0.111. The van der Waals surface area contributed by atoms with Crippen molar-refractivity contribution in [3.8, 4) is 17.4 Å². The number of aromatic nitrogens is 2. The van der Waals surface area contributed by atoms with Gasteiger partial charge in [-0.3, -0.25) is 10.1 Å². The van der Waals surface area contributed by atoms with Gasteiger partial charge in [-0.2, -0.15) is 18.2 Å². The molecule has 0 unspecified atom stereocenters. The topological polar surface area (TPSA) is 99.4 Å². The Morgan fingerprint density at radius 2 is 1.77 bits per heavy atom. The van der Waals surface area contributed by atoms with Gasteiger partial charge in [0.05, 0.1) is 22.6 Å². The van der Waals surface area contributed by atoms with E-state index in [2.05, 4.69) is 15.3 Å². The third-order valence-electron chi connectivity index (χ3n) is 3.78. The van der Waals surface area contributed by atoms with Crippen LogP contribution >= 0.6 is 11.6 Å². The van der Waals surface area contributed by atoms with Crippen LogP contribution in [-0.4, -0.2) is 22.0 Å². The first-order valence-corrected chi connectivity index (χ1v) is 8.52. The van der Waals surface area contributed by atoms with Crippen molar-refractivity contribution >= 4 is 28.8 Å². The average Bonchev–Trinajstić information content (AvgIpc) is 2.69.